The minimum atomic E-state index is -0.214. The number of imidazole rings is 1. The predicted octanol–water partition coefficient (Wildman–Crippen LogP) is 3.79. The number of hydrogen-bond donors (Lipinski definition) is 1. The van der Waals surface area contributed by atoms with E-state index in [0.29, 0.717) is 26.8 Å². The fraction of sp³-hybridized carbons (Fsp3) is 0.0625. The molecule has 3 aromatic rings. The molecule has 1 N–H and O–H groups in total. The van der Waals surface area contributed by atoms with Crippen molar-refractivity contribution in [3.05, 3.63) is 58.3 Å². The number of hydrogen-bond acceptors (Lipinski definition) is 3. The van der Waals surface area contributed by atoms with Gasteiger partial charge in [0, 0.05) is 11.3 Å². The Morgan fingerprint density at radius 2 is 1.87 bits per heavy atom. The van der Waals surface area contributed by atoms with Crippen LogP contribution in [0.1, 0.15) is 10.4 Å². The van der Waals surface area contributed by atoms with Crippen molar-refractivity contribution in [2.24, 2.45) is 0 Å². The van der Waals surface area contributed by atoms with E-state index in [1.54, 1.807) is 47.3 Å². The summed E-state index contributed by atoms with van der Waals surface area (Å²) in [4.78, 5) is 27.0. The summed E-state index contributed by atoms with van der Waals surface area (Å²) in [6, 6.07) is 9.95. The zero-order valence-electron chi connectivity index (χ0n) is 11.8. The number of amides is 1. The Balaban J connectivity index is 1.77. The third-order valence-corrected chi connectivity index (χ3v) is 4.03. The number of nitrogens with zero attached hydrogens (tertiary/aromatic N) is 2. The van der Waals surface area contributed by atoms with Gasteiger partial charge in [0.15, 0.2) is 0 Å². The molecule has 23 heavy (non-hydrogen) atoms. The number of aldehydes is 1. The lowest BCUT2D eigenvalue weighted by Crippen LogP contribution is -2.18. The molecule has 0 saturated heterocycles. The van der Waals surface area contributed by atoms with Crippen LogP contribution < -0.4 is 5.32 Å². The van der Waals surface area contributed by atoms with Crippen molar-refractivity contribution < 1.29 is 9.59 Å². The Labute approximate surface area is 141 Å². The maximum Gasteiger partial charge on any atom is 0.244 e. The number of carbonyl (C=O) groups is 2. The van der Waals surface area contributed by atoms with E-state index in [9.17, 15) is 9.59 Å². The van der Waals surface area contributed by atoms with Gasteiger partial charge in [0.2, 0.25) is 5.91 Å². The molecule has 0 fully saturated rings. The van der Waals surface area contributed by atoms with Gasteiger partial charge in [0.1, 0.15) is 12.8 Å². The van der Waals surface area contributed by atoms with Crippen LogP contribution in [-0.2, 0) is 11.3 Å². The highest BCUT2D eigenvalue weighted by atomic mass is 35.5. The van der Waals surface area contributed by atoms with E-state index in [1.165, 1.54) is 0 Å². The van der Waals surface area contributed by atoms with Gasteiger partial charge in [-0.2, -0.15) is 0 Å². The van der Waals surface area contributed by atoms with Crippen molar-refractivity contribution in [3.8, 4) is 0 Å². The van der Waals surface area contributed by atoms with Crippen LogP contribution in [0.2, 0.25) is 10.0 Å². The molecule has 1 aromatic heterocycles. The van der Waals surface area contributed by atoms with Crippen molar-refractivity contribution in [3.63, 3.8) is 0 Å². The van der Waals surface area contributed by atoms with E-state index in [1.807, 2.05) is 0 Å². The summed E-state index contributed by atoms with van der Waals surface area (Å²) in [5.41, 5.74) is 2.56. The fourth-order valence-corrected chi connectivity index (χ4v) is 2.50. The molecule has 0 bridgehead atoms. The summed E-state index contributed by atoms with van der Waals surface area (Å²) in [5.74, 6) is -0.214. The first-order valence-electron chi connectivity index (χ1n) is 6.72. The molecule has 1 amide bonds. The molecule has 0 aliphatic carbocycles. The molecule has 1 heterocycles. The van der Waals surface area contributed by atoms with Crippen LogP contribution in [0.25, 0.3) is 11.0 Å². The molecule has 0 aliphatic rings. The van der Waals surface area contributed by atoms with E-state index >= 15 is 0 Å². The number of anilines is 1. The molecule has 0 saturated carbocycles. The summed E-state index contributed by atoms with van der Waals surface area (Å²) >= 11 is 12.0. The Hall–Kier alpha value is -2.37. The average molecular weight is 348 g/mol. The third kappa shape index (κ3) is 3.36. The minimum Gasteiger partial charge on any atom is -0.325 e. The summed E-state index contributed by atoms with van der Waals surface area (Å²) in [7, 11) is 0. The van der Waals surface area contributed by atoms with Gasteiger partial charge in [-0.25, -0.2) is 4.98 Å². The van der Waals surface area contributed by atoms with E-state index in [0.717, 1.165) is 11.8 Å². The second-order valence-electron chi connectivity index (χ2n) is 4.92. The highest BCUT2D eigenvalue weighted by Gasteiger charge is 2.10. The Morgan fingerprint density at radius 3 is 2.57 bits per heavy atom. The van der Waals surface area contributed by atoms with Gasteiger partial charge in [-0.3, -0.25) is 9.59 Å². The SMILES string of the molecule is O=Cc1ccc(NC(=O)Cn2cnc3cc(Cl)c(Cl)cc32)cc1. The quantitative estimate of drug-likeness (QED) is 0.730. The predicted molar refractivity (Wildman–Crippen MR) is 90.2 cm³/mol. The fourth-order valence-electron chi connectivity index (χ4n) is 2.18. The van der Waals surface area contributed by atoms with Crippen LogP contribution in [0.5, 0.6) is 0 Å². The lowest BCUT2D eigenvalue weighted by Gasteiger charge is -2.07. The Morgan fingerprint density at radius 1 is 1.17 bits per heavy atom. The van der Waals surface area contributed by atoms with Gasteiger partial charge < -0.3 is 9.88 Å². The largest absolute Gasteiger partial charge is 0.325 e. The molecule has 0 unspecified atom stereocenters. The van der Waals surface area contributed by atoms with Crippen molar-refractivity contribution in [2.75, 3.05) is 5.32 Å². The molecule has 0 aliphatic heterocycles. The smallest absolute Gasteiger partial charge is 0.244 e. The van der Waals surface area contributed by atoms with Crippen molar-refractivity contribution in [1.29, 1.82) is 0 Å². The average Bonchev–Trinajstić information content (AvgIpc) is 2.90. The lowest BCUT2D eigenvalue weighted by atomic mass is 10.2. The van der Waals surface area contributed by atoms with E-state index in [2.05, 4.69) is 10.3 Å². The number of nitrogens with one attached hydrogen (secondary N) is 1. The Bertz CT molecular complexity index is 888. The first kappa shape index (κ1) is 15.5. The van der Waals surface area contributed by atoms with Gasteiger partial charge in [0.05, 0.1) is 27.4 Å². The van der Waals surface area contributed by atoms with Gasteiger partial charge >= 0.3 is 0 Å². The summed E-state index contributed by atoms with van der Waals surface area (Å²) in [5, 5.41) is 3.59. The maximum atomic E-state index is 12.1. The summed E-state index contributed by atoms with van der Waals surface area (Å²) in [6.07, 6.45) is 2.31. The number of fused-ring (bicyclic) bond motifs is 1. The molecule has 7 heteroatoms. The molecule has 0 atom stereocenters. The number of aromatic nitrogens is 2. The van der Waals surface area contributed by atoms with Crippen molar-refractivity contribution in [2.45, 2.75) is 6.54 Å². The van der Waals surface area contributed by atoms with E-state index in [4.69, 9.17) is 23.2 Å². The molecular weight excluding hydrogens is 337 g/mol. The molecular formula is C16H11Cl2N3O2. The normalized spacial score (nSPS) is 10.7. The minimum absolute atomic E-state index is 0.0872. The second kappa shape index (κ2) is 6.40. The number of halogens is 2. The number of benzene rings is 2. The maximum absolute atomic E-state index is 12.1. The molecule has 5 nitrogen and oxygen atoms in total. The van der Waals surface area contributed by atoms with Gasteiger partial charge in [0.25, 0.3) is 0 Å². The topological polar surface area (TPSA) is 64.0 Å². The van der Waals surface area contributed by atoms with E-state index < -0.39 is 0 Å². The van der Waals surface area contributed by atoms with Gasteiger partial charge in [-0.05, 0) is 36.4 Å². The van der Waals surface area contributed by atoms with Crippen molar-refractivity contribution >= 4 is 52.1 Å². The van der Waals surface area contributed by atoms with E-state index in [-0.39, 0.29) is 12.5 Å². The molecule has 0 radical (unpaired) electrons. The van der Waals surface area contributed by atoms with Crippen LogP contribution in [0.15, 0.2) is 42.7 Å². The summed E-state index contributed by atoms with van der Waals surface area (Å²) in [6.45, 7) is 0.0872. The number of rotatable bonds is 4. The lowest BCUT2D eigenvalue weighted by molar-refractivity contribution is -0.116. The van der Waals surface area contributed by atoms with Crippen molar-refractivity contribution in [1.82, 2.24) is 9.55 Å². The highest BCUT2D eigenvalue weighted by molar-refractivity contribution is 6.42. The second-order valence-corrected chi connectivity index (χ2v) is 5.73. The monoisotopic (exact) mass is 347 g/mol. The van der Waals surface area contributed by atoms with Crippen LogP contribution >= 0.6 is 23.2 Å². The van der Waals surface area contributed by atoms with Crippen LogP contribution in [0, 0.1) is 0 Å². The molecule has 3 rings (SSSR count). The van der Waals surface area contributed by atoms with Gasteiger partial charge in [-0.1, -0.05) is 23.2 Å². The van der Waals surface area contributed by atoms with Crippen LogP contribution in [-0.4, -0.2) is 21.7 Å². The zero-order valence-corrected chi connectivity index (χ0v) is 13.3. The molecule has 2 aromatic carbocycles. The Kier molecular flexibility index (Phi) is 4.32. The standard InChI is InChI=1S/C16H11Cl2N3O2/c17-12-5-14-15(6-13(12)18)21(9-19-14)7-16(23)20-11-3-1-10(8-22)2-4-11/h1-6,8-9H,7H2,(H,20,23). The zero-order chi connectivity index (χ0) is 16.4. The van der Waals surface area contributed by atoms with Crippen LogP contribution in [0.4, 0.5) is 5.69 Å². The van der Waals surface area contributed by atoms with Crippen LogP contribution in [0.3, 0.4) is 0 Å². The number of carbonyl (C=O) groups excluding carboxylic acids is 2. The highest BCUT2D eigenvalue weighted by Crippen LogP contribution is 2.27. The third-order valence-electron chi connectivity index (χ3n) is 3.31. The first-order chi connectivity index (χ1) is 11.1. The molecule has 0 spiro atoms. The first-order valence-corrected chi connectivity index (χ1v) is 7.47. The molecule has 116 valence electrons. The van der Waals surface area contributed by atoms with Gasteiger partial charge in [-0.15, -0.1) is 0 Å². The summed E-state index contributed by atoms with van der Waals surface area (Å²) < 4.78 is 1.69.